The lowest BCUT2D eigenvalue weighted by Crippen LogP contribution is -1.96. The fourth-order valence-corrected chi connectivity index (χ4v) is 2.85. The van der Waals surface area contributed by atoms with Gasteiger partial charge < -0.3 is 4.57 Å². The van der Waals surface area contributed by atoms with E-state index in [0.717, 1.165) is 15.9 Å². The maximum atomic E-state index is 9.02. The molecule has 1 heterocycles. The first-order valence-electron chi connectivity index (χ1n) is 6.63. The van der Waals surface area contributed by atoms with Gasteiger partial charge in [-0.15, -0.1) is 0 Å². The van der Waals surface area contributed by atoms with Crippen molar-refractivity contribution in [1.29, 1.82) is 5.26 Å². The van der Waals surface area contributed by atoms with E-state index in [9.17, 15) is 0 Å². The monoisotopic (exact) mass is 336 g/mol. The van der Waals surface area contributed by atoms with Crippen LogP contribution in [-0.2, 0) is 0 Å². The summed E-state index contributed by atoms with van der Waals surface area (Å²) in [7, 11) is 0. The molecule has 0 atom stereocenters. The maximum absolute atomic E-state index is 9.02. The van der Waals surface area contributed by atoms with Crippen LogP contribution < -0.4 is 0 Å². The van der Waals surface area contributed by atoms with Crippen LogP contribution >= 0.6 is 15.9 Å². The second-order valence-electron chi connectivity index (χ2n) is 4.91. The van der Waals surface area contributed by atoms with E-state index in [1.165, 1.54) is 11.1 Å². The van der Waals surface area contributed by atoms with Gasteiger partial charge in [0.15, 0.2) is 0 Å². The third-order valence-corrected chi connectivity index (χ3v) is 4.07. The van der Waals surface area contributed by atoms with Gasteiger partial charge in [0, 0.05) is 16.4 Å². The molecule has 2 aromatic carbocycles. The maximum Gasteiger partial charge on any atom is 0.100 e. The zero-order valence-corrected chi connectivity index (χ0v) is 13.1. The van der Waals surface area contributed by atoms with Crippen molar-refractivity contribution in [2.45, 2.75) is 6.92 Å². The standard InChI is InChI=1S/C18H13BrN2/c1-13-4-2-5-14(10-13)18-6-3-9-21(18)16-8-7-15(12-20)17(19)11-16/h2-11H,1H3. The molecule has 3 heteroatoms. The summed E-state index contributed by atoms with van der Waals surface area (Å²) >= 11 is 3.45. The number of halogens is 1. The first-order chi connectivity index (χ1) is 10.2. The summed E-state index contributed by atoms with van der Waals surface area (Å²) in [6.07, 6.45) is 2.03. The molecule has 0 unspecified atom stereocenters. The van der Waals surface area contributed by atoms with Crippen molar-refractivity contribution in [3.8, 4) is 23.0 Å². The molecule has 0 fully saturated rings. The molecule has 0 saturated carbocycles. The Morgan fingerprint density at radius 3 is 2.62 bits per heavy atom. The molecule has 0 spiro atoms. The Morgan fingerprint density at radius 2 is 1.90 bits per heavy atom. The molecule has 3 aromatic rings. The lowest BCUT2D eigenvalue weighted by molar-refractivity contribution is 1.08. The van der Waals surface area contributed by atoms with Crippen LogP contribution in [0.3, 0.4) is 0 Å². The third kappa shape index (κ3) is 2.63. The van der Waals surface area contributed by atoms with Crippen LogP contribution in [0.4, 0.5) is 0 Å². The molecule has 0 amide bonds. The summed E-state index contributed by atoms with van der Waals surface area (Å²) in [6.45, 7) is 2.09. The zero-order valence-electron chi connectivity index (χ0n) is 11.5. The van der Waals surface area contributed by atoms with Crippen molar-refractivity contribution in [1.82, 2.24) is 4.57 Å². The predicted octanol–water partition coefficient (Wildman–Crippen LogP) is 5.09. The van der Waals surface area contributed by atoms with E-state index in [1.54, 1.807) is 0 Å². The van der Waals surface area contributed by atoms with Crippen molar-refractivity contribution in [2.24, 2.45) is 0 Å². The molecule has 0 N–H and O–H groups in total. The first-order valence-corrected chi connectivity index (χ1v) is 7.43. The third-order valence-electron chi connectivity index (χ3n) is 3.41. The molecular weight excluding hydrogens is 324 g/mol. The smallest absolute Gasteiger partial charge is 0.100 e. The molecule has 102 valence electrons. The van der Waals surface area contributed by atoms with Gasteiger partial charge in [0.25, 0.3) is 0 Å². The summed E-state index contributed by atoms with van der Waals surface area (Å²) in [6, 6.07) is 20.5. The minimum absolute atomic E-state index is 0.642. The van der Waals surface area contributed by atoms with Gasteiger partial charge in [0.1, 0.15) is 6.07 Å². The SMILES string of the molecule is Cc1cccc(-c2cccn2-c2ccc(C#N)c(Br)c2)c1. The van der Waals surface area contributed by atoms with E-state index in [-0.39, 0.29) is 0 Å². The molecule has 0 radical (unpaired) electrons. The lowest BCUT2D eigenvalue weighted by atomic mass is 10.1. The van der Waals surface area contributed by atoms with Crippen molar-refractivity contribution in [3.05, 3.63) is 76.4 Å². The number of nitrogens with zero attached hydrogens (tertiary/aromatic N) is 2. The number of rotatable bonds is 2. The van der Waals surface area contributed by atoms with Crippen molar-refractivity contribution in [2.75, 3.05) is 0 Å². The van der Waals surface area contributed by atoms with Crippen LogP contribution in [0.15, 0.2) is 65.3 Å². The fourth-order valence-electron chi connectivity index (χ4n) is 2.39. The highest BCUT2D eigenvalue weighted by molar-refractivity contribution is 9.10. The second-order valence-corrected chi connectivity index (χ2v) is 5.76. The summed E-state index contributed by atoms with van der Waals surface area (Å²) in [5.41, 5.74) is 5.22. The van der Waals surface area contributed by atoms with Gasteiger partial charge >= 0.3 is 0 Å². The number of hydrogen-bond donors (Lipinski definition) is 0. The predicted molar refractivity (Wildman–Crippen MR) is 88.4 cm³/mol. The highest BCUT2D eigenvalue weighted by Gasteiger charge is 2.08. The van der Waals surface area contributed by atoms with Gasteiger partial charge in [-0.1, -0.05) is 23.8 Å². The minimum Gasteiger partial charge on any atom is -0.317 e. The van der Waals surface area contributed by atoms with Gasteiger partial charge in [-0.25, -0.2) is 0 Å². The van der Waals surface area contributed by atoms with Crippen LogP contribution in [0.25, 0.3) is 16.9 Å². The number of hydrogen-bond acceptors (Lipinski definition) is 1. The molecular formula is C18H13BrN2. The Bertz CT molecular complexity index is 840. The zero-order chi connectivity index (χ0) is 14.8. The highest BCUT2D eigenvalue weighted by atomic mass is 79.9. The van der Waals surface area contributed by atoms with Gasteiger partial charge in [0.2, 0.25) is 0 Å². The molecule has 0 aliphatic rings. The minimum atomic E-state index is 0.642. The fraction of sp³-hybridized carbons (Fsp3) is 0.0556. The Balaban J connectivity index is 2.11. The number of aromatic nitrogens is 1. The van der Waals surface area contributed by atoms with Crippen LogP contribution in [0, 0.1) is 18.3 Å². The second kappa shape index (κ2) is 5.59. The van der Waals surface area contributed by atoms with E-state index >= 15 is 0 Å². The van der Waals surface area contributed by atoms with E-state index in [0.29, 0.717) is 5.56 Å². The molecule has 1 aromatic heterocycles. The molecule has 21 heavy (non-hydrogen) atoms. The molecule has 0 aliphatic carbocycles. The molecule has 0 bridgehead atoms. The van der Waals surface area contributed by atoms with Crippen LogP contribution in [-0.4, -0.2) is 4.57 Å². The van der Waals surface area contributed by atoms with Gasteiger partial charge in [0.05, 0.1) is 11.3 Å². The van der Waals surface area contributed by atoms with Crippen molar-refractivity contribution in [3.63, 3.8) is 0 Å². The van der Waals surface area contributed by atoms with Gasteiger partial charge in [-0.05, 0) is 64.8 Å². The van der Waals surface area contributed by atoms with E-state index in [1.807, 2.05) is 30.5 Å². The average molecular weight is 337 g/mol. The van der Waals surface area contributed by atoms with E-state index in [4.69, 9.17) is 5.26 Å². The Labute approximate surface area is 132 Å². The molecule has 3 rings (SSSR count). The quantitative estimate of drug-likeness (QED) is 0.640. The van der Waals surface area contributed by atoms with Crippen LogP contribution in [0.1, 0.15) is 11.1 Å². The van der Waals surface area contributed by atoms with E-state index in [2.05, 4.69) is 63.8 Å². The molecule has 0 saturated heterocycles. The first kappa shape index (κ1) is 13.7. The largest absolute Gasteiger partial charge is 0.317 e. The van der Waals surface area contributed by atoms with E-state index < -0.39 is 0 Å². The van der Waals surface area contributed by atoms with Gasteiger partial charge in [-0.2, -0.15) is 5.26 Å². The van der Waals surface area contributed by atoms with Gasteiger partial charge in [-0.3, -0.25) is 0 Å². The van der Waals surface area contributed by atoms with Crippen LogP contribution in [0.2, 0.25) is 0 Å². The number of benzene rings is 2. The molecule has 0 aliphatic heterocycles. The van der Waals surface area contributed by atoms with Crippen molar-refractivity contribution >= 4 is 15.9 Å². The Hall–Kier alpha value is -2.31. The lowest BCUT2D eigenvalue weighted by Gasteiger charge is -2.11. The Kier molecular flexibility index (Phi) is 3.64. The number of nitriles is 1. The Morgan fingerprint density at radius 1 is 1.05 bits per heavy atom. The summed E-state index contributed by atoms with van der Waals surface area (Å²) in [4.78, 5) is 0. The summed E-state index contributed by atoms with van der Waals surface area (Å²) < 4.78 is 2.94. The average Bonchev–Trinajstić information content (AvgIpc) is 2.96. The topological polar surface area (TPSA) is 28.7 Å². The summed E-state index contributed by atoms with van der Waals surface area (Å²) in [5, 5.41) is 9.02. The van der Waals surface area contributed by atoms with Crippen molar-refractivity contribution < 1.29 is 0 Å². The normalized spacial score (nSPS) is 10.3. The number of aryl methyl sites for hydroxylation is 1. The molecule has 2 nitrogen and oxygen atoms in total. The van der Waals surface area contributed by atoms with Crippen LogP contribution in [0.5, 0.6) is 0 Å². The summed E-state index contributed by atoms with van der Waals surface area (Å²) in [5.74, 6) is 0. The highest BCUT2D eigenvalue weighted by Crippen LogP contribution is 2.27.